The Morgan fingerprint density at radius 1 is 0.933 bits per heavy atom. The maximum Gasteiger partial charge on any atom is 0.0701 e. The van der Waals surface area contributed by atoms with E-state index < -0.39 is 0 Å². The fourth-order valence-corrected chi connectivity index (χ4v) is 1.02. The van der Waals surface area contributed by atoms with Gasteiger partial charge >= 0.3 is 0 Å². The first-order valence-corrected chi connectivity index (χ1v) is 5.34. The quantitative estimate of drug-likeness (QED) is 0.478. The van der Waals surface area contributed by atoms with Crippen molar-refractivity contribution in [1.29, 1.82) is 0 Å². The molecule has 0 fully saturated rings. The fourth-order valence-electron chi connectivity index (χ4n) is 1.02. The topological polar surface area (TPSA) is 57.0 Å². The van der Waals surface area contributed by atoms with Crippen LogP contribution < -0.4 is 5.73 Å². The van der Waals surface area contributed by atoms with Gasteiger partial charge in [-0.2, -0.15) is 0 Å². The third-order valence-corrected chi connectivity index (χ3v) is 1.93. The molecule has 0 bridgehead atoms. The van der Waals surface area contributed by atoms with E-state index in [0.717, 1.165) is 19.7 Å². The molecule has 0 saturated heterocycles. The first kappa shape index (κ1) is 14.8. The fraction of sp³-hybridized carbons (Fsp3) is 1.00. The maximum atomic E-state index is 5.41. The second-order valence-electron chi connectivity index (χ2n) is 3.31. The van der Waals surface area contributed by atoms with E-state index in [1.54, 1.807) is 7.11 Å². The lowest BCUT2D eigenvalue weighted by Gasteiger charge is -2.14. The predicted octanol–water partition coefficient (Wildman–Crippen LogP) is -0.443. The molecule has 2 N–H and O–H groups in total. The molecule has 5 nitrogen and oxygen atoms in total. The smallest absolute Gasteiger partial charge is 0.0701 e. The Kier molecular flexibility index (Phi) is 11.7. The lowest BCUT2D eigenvalue weighted by Crippen LogP contribution is -2.29. The molecule has 0 atom stereocenters. The van der Waals surface area contributed by atoms with Gasteiger partial charge < -0.3 is 24.8 Å². The number of nitrogens with zero attached hydrogens (tertiary/aromatic N) is 1. The molecule has 0 radical (unpaired) electrons. The van der Waals surface area contributed by atoms with Gasteiger partial charge in [0.25, 0.3) is 0 Å². The van der Waals surface area contributed by atoms with Crippen molar-refractivity contribution in [2.75, 3.05) is 66.8 Å². The van der Waals surface area contributed by atoms with Crippen LogP contribution in [0.5, 0.6) is 0 Å². The van der Waals surface area contributed by atoms with Gasteiger partial charge in [-0.1, -0.05) is 0 Å². The highest BCUT2D eigenvalue weighted by molar-refractivity contribution is 4.49. The number of hydrogen-bond donors (Lipinski definition) is 1. The third-order valence-electron chi connectivity index (χ3n) is 1.93. The average molecular weight is 220 g/mol. The van der Waals surface area contributed by atoms with E-state index in [2.05, 4.69) is 4.90 Å². The summed E-state index contributed by atoms with van der Waals surface area (Å²) in [5.74, 6) is 0. The van der Waals surface area contributed by atoms with E-state index in [-0.39, 0.29) is 0 Å². The Morgan fingerprint density at radius 3 is 2.13 bits per heavy atom. The minimum Gasteiger partial charge on any atom is -0.382 e. The largest absolute Gasteiger partial charge is 0.382 e. The van der Waals surface area contributed by atoms with Crippen molar-refractivity contribution in [3.63, 3.8) is 0 Å². The van der Waals surface area contributed by atoms with Gasteiger partial charge in [-0.15, -0.1) is 0 Å². The van der Waals surface area contributed by atoms with Crippen LogP contribution in [0.25, 0.3) is 0 Å². The lowest BCUT2D eigenvalue weighted by atomic mass is 10.5. The van der Waals surface area contributed by atoms with Gasteiger partial charge in [0.05, 0.1) is 33.0 Å². The summed E-state index contributed by atoms with van der Waals surface area (Å²) < 4.78 is 15.5. The highest BCUT2D eigenvalue weighted by Gasteiger charge is 1.95. The van der Waals surface area contributed by atoms with Crippen LogP contribution >= 0.6 is 0 Å². The Morgan fingerprint density at radius 2 is 1.53 bits per heavy atom. The first-order valence-electron chi connectivity index (χ1n) is 5.34. The van der Waals surface area contributed by atoms with Crippen LogP contribution in [0.4, 0.5) is 0 Å². The van der Waals surface area contributed by atoms with E-state index in [1.165, 1.54) is 0 Å². The van der Waals surface area contributed by atoms with Crippen molar-refractivity contribution in [2.45, 2.75) is 0 Å². The molecule has 5 heteroatoms. The summed E-state index contributed by atoms with van der Waals surface area (Å²) in [7, 11) is 3.69. The molecule has 0 rings (SSSR count). The van der Waals surface area contributed by atoms with Gasteiger partial charge in [0, 0.05) is 26.7 Å². The van der Waals surface area contributed by atoms with Gasteiger partial charge in [-0.25, -0.2) is 0 Å². The Labute approximate surface area is 92.5 Å². The Hall–Kier alpha value is -0.200. The second kappa shape index (κ2) is 11.9. The van der Waals surface area contributed by atoms with Gasteiger partial charge in [-0.3, -0.25) is 0 Å². The highest BCUT2D eigenvalue weighted by atomic mass is 16.5. The van der Waals surface area contributed by atoms with E-state index in [9.17, 15) is 0 Å². The van der Waals surface area contributed by atoms with Crippen LogP contribution in [0.2, 0.25) is 0 Å². The van der Waals surface area contributed by atoms with Crippen molar-refractivity contribution in [2.24, 2.45) is 5.73 Å². The predicted molar refractivity (Wildman–Crippen MR) is 60.1 cm³/mol. The summed E-state index contributed by atoms with van der Waals surface area (Å²) in [5, 5.41) is 0. The van der Waals surface area contributed by atoms with Gasteiger partial charge in [0.1, 0.15) is 0 Å². The molecule has 0 unspecified atom stereocenters. The highest BCUT2D eigenvalue weighted by Crippen LogP contribution is 1.83. The maximum absolute atomic E-state index is 5.41. The molecule has 0 aliphatic carbocycles. The van der Waals surface area contributed by atoms with Crippen molar-refractivity contribution in [3.05, 3.63) is 0 Å². The van der Waals surface area contributed by atoms with E-state index in [0.29, 0.717) is 33.0 Å². The molecule has 0 aromatic rings. The molecule has 15 heavy (non-hydrogen) atoms. The molecule has 0 spiro atoms. The van der Waals surface area contributed by atoms with Crippen molar-refractivity contribution in [3.8, 4) is 0 Å². The van der Waals surface area contributed by atoms with E-state index >= 15 is 0 Å². The molecule has 0 aliphatic rings. The molecule has 92 valence electrons. The summed E-state index contributed by atoms with van der Waals surface area (Å²) in [4.78, 5) is 2.14. The first-order chi connectivity index (χ1) is 7.31. The third kappa shape index (κ3) is 11.7. The van der Waals surface area contributed by atoms with Crippen molar-refractivity contribution in [1.82, 2.24) is 4.90 Å². The monoisotopic (exact) mass is 220 g/mol. The molecular formula is C10H24N2O3. The number of hydrogen-bond acceptors (Lipinski definition) is 5. The van der Waals surface area contributed by atoms with Gasteiger partial charge in [-0.05, 0) is 7.05 Å². The number of likely N-dealkylation sites (N-methyl/N-ethyl adjacent to an activating group) is 1. The van der Waals surface area contributed by atoms with Crippen LogP contribution in [-0.2, 0) is 14.2 Å². The standard InChI is InChI=1S/C10H24N2O3/c1-12(4-3-11)5-6-14-9-10-15-8-7-13-2/h3-11H2,1-2H3. The summed E-state index contributed by atoms with van der Waals surface area (Å²) in [6, 6.07) is 0. The van der Waals surface area contributed by atoms with Crippen LogP contribution in [0.3, 0.4) is 0 Å². The molecule has 0 aromatic carbocycles. The number of ether oxygens (including phenoxy) is 3. The molecule has 0 saturated carbocycles. The Balaban J connectivity index is 2.98. The zero-order chi connectivity index (χ0) is 11.4. The molecule has 0 heterocycles. The van der Waals surface area contributed by atoms with Gasteiger partial charge in [0.2, 0.25) is 0 Å². The minimum atomic E-state index is 0.629. The molecule has 0 aliphatic heterocycles. The van der Waals surface area contributed by atoms with Crippen molar-refractivity contribution >= 4 is 0 Å². The van der Waals surface area contributed by atoms with Crippen LogP contribution in [0.15, 0.2) is 0 Å². The normalized spacial score (nSPS) is 11.2. The van der Waals surface area contributed by atoms with E-state index in [1.807, 2.05) is 7.05 Å². The summed E-state index contributed by atoms with van der Waals surface area (Å²) in [6.07, 6.45) is 0. The molecule has 0 aromatic heterocycles. The summed E-state index contributed by atoms with van der Waals surface area (Å²) in [5.41, 5.74) is 5.41. The minimum absolute atomic E-state index is 0.629. The SMILES string of the molecule is COCCOCCOCCN(C)CCN. The zero-order valence-electron chi connectivity index (χ0n) is 9.91. The molecule has 0 amide bonds. The number of rotatable bonds is 11. The van der Waals surface area contributed by atoms with Crippen LogP contribution in [-0.4, -0.2) is 71.7 Å². The summed E-state index contributed by atoms with van der Waals surface area (Å²) in [6.45, 7) is 5.78. The average Bonchev–Trinajstić information content (AvgIpc) is 2.22. The van der Waals surface area contributed by atoms with Crippen LogP contribution in [0.1, 0.15) is 0 Å². The van der Waals surface area contributed by atoms with E-state index in [4.69, 9.17) is 19.9 Å². The number of nitrogens with two attached hydrogens (primary N) is 1. The van der Waals surface area contributed by atoms with Crippen LogP contribution in [0, 0.1) is 0 Å². The second-order valence-corrected chi connectivity index (χ2v) is 3.31. The molecular weight excluding hydrogens is 196 g/mol. The van der Waals surface area contributed by atoms with Crippen molar-refractivity contribution < 1.29 is 14.2 Å². The zero-order valence-corrected chi connectivity index (χ0v) is 9.91. The van der Waals surface area contributed by atoms with Gasteiger partial charge in [0.15, 0.2) is 0 Å². The lowest BCUT2D eigenvalue weighted by molar-refractivity contribution is 0.0210. The number of methoxy groups -OCH3 is 1. The Bertz CT molecular complexity index is 125. The summed E-state index contributed by atoms with van der Waals surface area (Å²) >= 11 is 0.